The number of amides is 2. The Balaban J connectivity index is 2.34. The summed E-state index contributed by atoms with van der Waals surface area (Å²) in [5, 5.41) is 5.17. The normalized spacial score (nSPS) is 21.1. The van der Waals surface area contributed by atoms with Crippen molar-refractivity contribution in [1.29, 1.82) is 0 Å². The molecule has 0 unspecified atom stereocenters. The summed E-state index contributed by atoms with van der Waals surface area (Å²) < 4.78 is 4.96. The lowest BCUT2D eigenvalue weighted by Crippen LogP contribution is -2.46. The molecule has 15 heavy (non-hydrogen) atoms. The first-order valence-corrected chi connectivity index (χ1v) is 5.89. The second-order valence-corrected chi connectivity index (χ2v) is 5.29. The molecule has 0 spiro atoms. The van der Waals surface area contributed by atoms with Gasteiger partial charge in [-0.3, -0.25) is 15.4 Å². The summed E-state index contributed by atoms with van der Waals surface area (Å²) in [7, 11) is 0. The van der Waals surface area contributed by atoms with Gasteiger partial charge >= 0.3 is 6.09 Å². The van der Waals surface area contributed by atoms with Crippen LogP contribution in [-0.4, -0.2) is 35.3 Å². The van der Waals surface area contributed by atoms with Crippen LogP contribution >= 0.6 is 11.8 Å². The van der Waals surface area contributed by atoms with Crippen molar-refractivity contribution in [2.75, 3.05) is 11.6 Å². The van der Waals surface area contributed by atoms with E-state index in [-0.39, 0.29) is 11.9 Å². The molecule has 0 saturated carbocycles. The van der Waals surface area contributed by atoms with Crippen LogP contribution in [0, 0.1) is 0 Å². The van der Waals surface area contributed by atoms with Gasteiger partial charge in [0.05, 0.1) is 6.04 Å². The number of alkyl carbamates (subject to hydrolysis) is 1. The summed E-state index contributed by atoms with van der Waals surface area (Å²) in [6.07, 6.45) is -0.689. The molecule has 1 aliphatic rings. The molecule has 1 fully saturated rings. The van der Waals surface area contributed by atoms with Gasteiger partial charge in [0, 0.05) is 11.6 Å². The molecule has 0 aromatic carbocycles. The highest BCUT2D eigenvalue weighted by Crippen LogP contribution is 2.10. The number of hydrogen-bond donors (Lipinski definition) is 2. The number of thioether (sulfide) groups is 1. The van der Waals surface area contributed by atoms with Crippen molar-refractivity contribution < 1.29 is 14.3 Å². The first kappa shape index (κ1) is 12.3. The van der Waals surface area contributed by atoms with Gasteiger partial charge in [0.1, 0.15) is 5.60 Å². The fourth-order valence-corrected chi connectivity index (χ4v) is 2.00. The lowest BCUT2D eigenvalue weighted by Gasteiger charge is -2.19. The van der Waals surface area contributed by atoms with Gasteiger partial charge in [-0.1, -0.05) is 0 Å². The first-order valence-electron chi connectivity index (χ1n) is 4.73. The summed E-state index contributed by atoms with van der Waals surface area (Å²) in [6.45, 7) is 5.25. The van der Waals surface area contributed by atoms with Gasteiger partial charge in [-0.15, -0.1) is 11.8 Å². The predicted octanol–water partition coefficient (Wildman–Crippen LogP) is 0.700. The molecule has 0 aliphatic carbocycles. The molecule has 0 aromatic rings. The fourth-order valence-electron chi connectivity index (χ4n) is 1.05. The van der Waals surface area contributed by atoms with Crippen molar-refractivity contribution >= 4 is 23.8 Å². The Morgan fingerprint density at radius 3 is 2.60 bits per heavy atom. The quantitative estimate of drug-likeness (QED) is 0.696. The number of carbonyl (C=O) groups excluding carboxylic acids is 2. The van der Waals surface area contributed by atoms with Crippen molar-refractivity contribution in [3.8, 4) is 0 Å². The Morgan fingerprint density at radius 2 is 2.13 bits per heavy atom. The Labute approximate surface area is 93.3 Å². The standard InChI is InChI=1S/C9H16N2O3S/c1-9(2,3)14-8(13)11-7(12)6-4-15-5-10-6/h6,10H,4-5H2,1-3H3,(H,11,12,13)/t6-/m1/s1. The molecular formula is C9H16N2O3S. The van der Waals surface area contributed by atoms with Crippen LogP contribution in [0.25, 0.3) is 0 Å². The maximum absolute atomic E-state index is 11.5. The Hall–Kier alpha value is -0.750. The topological polar surface area (TPSA) is 67.4 Å². The van der Waals surface area contributed by atoms with Gasteiger partial charge in [0.15, 0.2) is 0 Å². The lowest BCUT2D eigenvalue weighted by atomic mass is 10.2. The van der Waals surface area contributed by atoms with Crippen molar-refractivity contribution in [1.82, 2.24) is 10.6 Å². The van der Waals surface area contributed by atoms with Gasteiger partial charge < -0.3 is 4.74 Å². The monoisotopic (exact) mass is 232 g/mol. The molecule has 1 heterocycles. The maximum Gasteiger partial charge on any atom is 0.414 e. The summed E-state index contributed by atoms with van der Waals surface area (Å²) in [4.78, 5) is 22.7. The lowest BCUT2D eigenvalue weighted by molar-refractivity contribution is -0.122. The SMILES string of the molecule is CC(C)(C)OC(=O)NC(=O)[C@H]1CSCN1. The zero-order chi connectivity index (χ0) is 11.5. The third-order valence-corrected chi connectivity index (χ3v) is 2.60. The predicted molar refractivity (Wildman–Crippen MR) is 58.6 cm³/mol. The Bertz CT molecular complexity index is 257. The molecule has 2 amide bonds. The van der Waals surface area contributed by atoms with Crippen LogP contribution in [0.4, 0.5) is 4.79 Å². The molecule has 0 radical (unpaired) electrons. The van der Waals surface area contributed by atoms with Crippen molar-refractivity contribution in [3.63, 3.8) is 0 Å². The van der Waals surface area contributed by atoms with Crippen LogP contribution in [0.15, 0.2) is 0 Å². The van der Waals surface area contributed by atoms with E-state index in [1.165, 1.54) is 0 Å². The van der Waals surface area contributed by atoms with E-state index >= 15 is 0 Å². The number of hydrogen-bond acceptors (Lipinski definition) is 5. The van der Waals surface area contributed by atoms with Crippen LogP contribution in [0.2, 0.25) is 0 Å². The molecule has 0 bridgehead atoms. The number of imide groups is 1. The zero-order valence-corrected chi connectivity index (χ0v) is 9.94. The van der Waals surface area contributed by atoms with Crippen LogP contribution in [0.5, 0.6) is 0 Å². The van der Waals surface area contributed by atoms with E-state index in [4.69, 9.17) is 4.74 Å². The summed E-state index contributed by atoms with van der Waals surface area (Å²) >= 11 is 1.63. The van der Waals surface area contributed by atoms with E-state index in [2.05, 4.69) is 10.6 Å². The van der Waals surface area contributed by atoms with E-state index in [1.807, 2.05) is 0 Å². The first-order chi connectivity index (χ1) is 6.88. The highest BCUT2D eigenvalue weighted by molar-refractivity contribution is 7.99. The van der Waals surface area contributed by atoms with Gasteiger partial charge in [0.2, 0.25) is 5.91 Å². The van der Waals surface area contributed by atoms with Gasteiger partial charge in [-0.25, -0.2) is 4.79 Å². The van der Waals surface area contributed by atoms with E-state index in [0.717, 1.165) is 5.88 Å². The molecular weight excluding hydrogens is 216 g/mol. The number of nitrogens with one attached hydrogen (secondary N) is 2. The maximum atomic E-state index is 11.5. The molecule has 1 aliphatic heterocycles. The molecule has 1 atom stereocenters. The van der Waals surface area contributed by atoms with E-state index in [0.29, 0.717) is 5.75 Å². The summed E-state index contributed by atoms with van der Waals surface area (Å²) in [6, 6.07) is -0.289. The average molecular weight is 232 g/mol. The van der Waals surface area contributed by atoms with Gasteiger partial charge in [-0.05, 0) is 20.8 Å². The van der Waals surface area contributed by atoms with Crippen LogP contribution < -0.4 is 10.6 Å². The highest BCUT2D eigenvalue weighted by Gasteiger charge is 2.25. The minimum absolute atomic E-state index is 0.289. The van der Waals surface area contributed by atoms with Gasteiger partial charge in [-0.2, -0.15) is 0 Å². The van der Waals surface area contributed by atoms with Crippen LogP contribution in [-0.2, 0) is 9.53 Å². The molecule has 1 rings (SSSR count). The number of ether oxygens (including phenoxy) is 1. The Kier molecular flexibility index (Phi) is 3.98. The number of carbonyl (C=O) groups is 2. The fraction of sp³-hybridized carbons (Fsp3) is 0.778. The second kappa shape index (κ2) is 4.85. The number of rotatable bonds is 1. The summed E-state index contributed by atoms with van der Waals surface area (Å²) in [5.74, 6) is 1.11. The Morgan fingerprint density at radius 1 is 1.47 bits per heavy atom. The molecule has 1 saturated heterocycles. The van der Waals surface area contributed by atoms with E-state index in [9.17, 15) is 9.59 Å². The largest absolute Gasteiger partial charge is 0.444 e. The van der Waals surface area contributed by atoms with Gasteiger partial charge in [0.25, 0.3) is 0 Å². The van der Waals surface area contributed by atoms with E-state index < -0.39 is 11.7 Å². The molecule has 0 aromatic heterocycles. The van der Waals surface area contributed by atoms with Crippen molar-refractivity contribution in [3.05, 3.63) is 0 Å². The van der Waals surface area contributed by atoms with Crippen LogP contribution in [0.3, 0.4) is 0 Å². The minimum Gasteiger partial charge on any atom is -0.444 e. The molecule has 86 valence electrons. The molecule has 2 N–H and O–H groups in total. The summed E-state index contributed by atoms with van der Waals surface area (Å²) in [5.41, 5.74) is -0.581. The minimum atomic E-state index is -0.689. The third kappa shape index (κ3) is 4.53. The third-order valence-electron chi connectivity index (χ3n) is 1.66. The van der Waals surface area contributed by atoms with Crippen molar-refractivity contribution in [2.24, 2.45) is 0 Å². The van der Waals surface area contributed by atoms with Crippen LogP contribution in [0.1, 0.15) is 20.8 Å². The average Bonchev–Trinajstić information content (AvgIpc) is 2.50. The smallest absolute Gasteiger partial charge is 0.414 e. The highest BCUT2D eigenvalue weighted by atomic mass is 32.2. The van der Waals surface area contributed by atoms with Crippen molar-refractivity contribution in [2.45, 2.75) is 32.4 Å². The molecule has 6 heteroatoms. The second-order valence-electron chi connectivity index (χ2n) is 4.26. The molecule has 5 nitrogen and oxygen atoms in total. The zero-order valence-electron chi connectivity index (χ0n) is 9.12. The van der Waals surface area contributed by atoms with E-state index in [1.54, 1.807) is 32.5 Å².